The first-order valence-electron chi connectivity index (χ1n) is 8.96. The molecule has 1 aromatic carbocycles. The maximum Gasteiger partial charge on any atom is 0.342 e. The van der Waals surface area contributed by atoms with E-state index in [9.17, 15) is 14.4 Å². The van der Waals surface area contributed by atoms with Gasteiger partial charge in [-0.05, 0) is 58.4 Å². The SMILES string of the molecule is CCCC(=O)Nc1ccc(C(=O)C(C)OC(=O)c2c(C)oc(C)c2C)cc1. The zero-order valence-electron chi connectivity index (χ0n) is 16.3. The maximum absolute atomic E-state index is 12.5. The second-order valence-electron chi connectivity index (χ2n) is 6.50. The van der Waals surface area contributed by atoms with Crippen LogP contribution in [0.15, 0.2) is 28.7 Å². The molecule has 1 N–H and O–H groups in total. The van der Waals surface area contributed by atoms with Gasteiger partial charge in [0.15, 0.2) is 6.10 Å². The molecule has 27 heavy (non-hydrogen) atoms. The third-order valence-corrected chi connectivity index (χ3v) is 4.35. The number of hydrogen-bond donors (Lipinski definition) is 1. The van der Waals surface area contributed by atoms with Gasteiger partial charge in [0.1, 0.15) is 17.1 Å². The van der Waals surface area contributed by atoms with Crippen LogP contribution in [0, 0.1) is 20.8 Å². The normalized spacial score (nSPS) is 11.7. The second kappa shape index (κ2) is 8.66. The average Bonchev–Trinajstić information content (AvgIpc) is 2.87. The summed E-state index contributed by atoms with van der Waals surface area (Å²) in [5, 5.41) is 2.76. The van der Waals surface area contributed by atoms with Crippen LogP contribution in [0.1, 0.15) is 64.5 Å². The van der Waals surface area contributed by atoms with E-state index in [2.05, 4.69) is 5.32 Å². The van der Waals surface area contributed by atoms with E-state index >= 15 is 0 Å². The first kappa shape index (κ1) is 20.4. The summed E-state index contributed by atoms with van der Waals surface area (Å²) in [5.41, 5.74) is 2.10. The summed E-state index contributed by atoms with van der Waals surface area (Å²) in [6.07, 6.45) is 0.271. The number of esters is 1. The molecule has 6 nitrogen and oxygen atoms in total. The molecular weight excluding hydrogens is 346 g/mol. The van der Waals surface area contributed by atoms with Crippen molar-refractivity contribution in [2.45, 2.75) is 53.6 Å². The summed E-state index contributed by atoms with van der Waals surface area (Å²) in [6, 6.07) is 6.52. The van der Waals surface area contributed by atoms with Crippen LogP contribution in [0.5, 0.6) is 0 Å². The van der Waals surface area contributed by atoms with Crippen molar-refractivity contribution in [3.63, 3.8) is 0 Å². The minimum absolute atomic E-state index is 0.0694. The number of Topliss-reactive ketones (excluding diaryl/α,β-unsaturated/α-hetero) is 1. The Kier molecular flexibility index (Phi) is 6.55. The van der Waals surface area contributed by atoms with Crippen molar-refractivity contribution in [2.24, 2.45) is 0 Å². The van der Waals surface area contributed by atoms with Crippen LogP contribution in [0.2, 0.25) is 0 Å². The van der Waals surface area contributed by atoms with Gasteiger partial charge in [0, 0.05) is 23.2 Å². The lowest BCUT2D eigenvalue weighted by molar-refractivity contribution is -0.116. The van der Waals surface area contributed by atoms with Crippen LogP contribution in [0.4, 0.5) is 5.69 Å². The molecule has 144 valence electrons. The fourth-order valence-electron chi connectivity index (χ4n) is 2.77. The zero-order chi connectivity index (χ0) is 20.1. The number of aryl methyl sites for hydroxylation is 2. The molecule has 0 aliphatic rings. The number of anilines is 1. The highest BCUT2D eigenvalue weighted by molar-refractivity contribution is 6.02. The van der Waals surface area contributed by atoms with Gasteiger partial charge in [-0.3, -0.25) is 9.59 Å². The van der Waals surface area contributed by atoms with Crippen molar-refractivity contribution >= 4 is 23.3 Å². The highest BCUT2D eigenvalue weighted by Gasteiger charge is 2.25. The zero-order valence-corrected chi connectivity index (χ0v) is 16.3. The number of nitrogens with one attached hydrogen (secondary N) is 1. The van der Waals surface area contributed by atoms with Gasteiger partial charge >= 0.3 is 5.97 Å². The molecule has 2 rings (SSSR count). The Morgan fingerprint density at radius 2 is 1.70 bits per heavy atom. The Hall–Kier alpha value is -2.89. The molecule has 1 atom stereocenters. The molecule has 0 saturated heterocycles. The van der Waals surface area contributed by atoms with E-state index < -0.39 is 12.1 Å². The highest BCUT2D eigenvalue weighted by atomic mass is 16.5. The number of hydrogen-bond acceptors (Lipinski definition) is 5. The molecule has 0 saturated carbocycles. The Morgan fingerprint density at radius 1 is 1.07 bits per heavy atom. The number of furan rings is 1. The minimum atomic E-state index is -0.938. The number of amides is 1. The number of ether oxygens (including phenoxy) is 1. The van der Waals surface area contributed by atoms with E-state index in [4.69, 9.17) is 9.15 Å². The summed E-state index contributed by atoms with van der Waals surface area (Å²) in [5.74, 6) is 0.164. The molecular formula is C21H25NO5. The largest absolute Gasteiger partial charge is 0.465 e. The molecule has 0 aliphatic heterocycles. The lowest BCUT2D eigenvalue weighted by Gasteiger charge is -2.13. The molecule has 0 spiro atoms. The minimum Gasteiger partial charge on any atom is -0.465 e. The summed E-state index contributed by atoms with van der Waals surface area (Å²) < 4.78 is 10.8. The van der Waals surface area contributed by atoms with E-state index in [0.717, 1.165) is 6.42 Å². The van der Waals surface area contributed by atoms with Crippen LogP contribution in [-0.2, 0) is 9.53 Å². The lowest BCUT2D eigenvalue weighted by Crippen LogP contribution is -2.25. The van der Waals surface area contributed by atoms with Crippen LogP contribution in [-0.4, -0.2) is 23.8 Å². The van der Waals surface area contributed by atoms with Gasteiger partial charge in [0.2, 0.25) is 11.7 Å². The molecule has 0 aliphatic carbocycles. The molecule has 0 bridgehead atoms. The fraction of sp³-hybridized carbons (Fsp3) is 0.381. The van der Waals surface area contributed by atoms with Crippen molar-refractivity contribution in [1.29, 1.82) is 0 Å². The quantitative estimate of drug-likeness (QED) is 0.577. The Balaban J connectivity index is 2.04. The van der Waals surface area contributed by atoms with Crippen LogP contribution < -0.4 is 5.32 Å². The Morgan fingerprint density at radius 3 is 2.22 bits per heavy atom. The van der Waals surface area contributed by atoms with Gasteiger partial charge in [0.25, 0.3) is 0 Å². The summed E-state index contributed by atoms with van der Waals surface area (Å²) in [6.45, 7) is 8.70. The molecule has 1 amide bonds. The molecule has 0 fully saturated rings. The van der Waals surface area contributed by atoms with Crippen molar-refractivity contribution < 1.29 is 23.5 Å². The van der Waals surface area contributed by atoms with Crippen LogP contribution >= 0.6 is 0 Å². The smallest absolute Gasteiger partial charge is 0.342 e. The summed E-state index contributed by atoms with van der Waals surface area (Å²) >= 11 is 0. The second-order valence-corrected chi connectivity index (χ2v) is 6.50. The predicted molar refractivity (Wildman–Crippen MR) is 102 cm³/mol. The van der Waals surface area contributed by atoms with Gasteiger partial charge < -0.3 is 14.5 Å². The fourth-order valence-corrected chi connectivity index (χ4v) is 2.77. The van der Waals surface area contributed by atoms with Crippen molar-refractivity contribution in [1.82, 2.24) is 0 Å². The van der Waals surface area contributed by atoms with Crippen LogP contribution in [0.25, 0.3) is 0 Å². The number of carbonyl (C=O) groups is 3. The van der Waals surface area contributed by atoms with Gasteiger partial charge in [0.05, 0.1) is 0 Å². The first-order valence-corrected chi connectivity index (χ1v) is 8.96. The third-order valence-electron chi connectivity index (χ3n) is 4.35. The van der Waals surface area contributed by atoms with Gasteiger partial charge in [-0.2, -0.15) is 0 Å². The van der Waals surface area contributed by atoms with Gasteiger partial charge in [-0.15, -0.1) is 0 Å². The standard InChI is InChI=1S/C21H25NO5/c1-6-7-18(23)22-17-10-8-16(9-11-17)20(24)15(5)27-21(25)19-12(2)13(3)26-14(19)4/h8-11,15H,6-7H2,1-5H3,(H,22,23). The molecule has 1 unspecified atom stereocenters. The first-order chi connectivity index (χ1) is 12.7. The number of rotatable bonds is 7. The number of ketones is 1. The predicted octanol–water partition coefficient (Wildman–Crippen LogP) is 4.37. The molecule has 6 heteroatoms. The Bertz CT molecular complexity index is 848. The molecule has 1 aromatic heterocycles. The van der Waals surface area contributed by atoms with E-state index in [-0.39, 0.29) is 11.7 Å². The Labute approximate surface area is 158 Å². The van der Waals surface area contributed by atoms with E-state index in [1.165, 1.54) is 6.92 Å². The summed E-state index contributed by atoms with van der Waals surface area (Å²) in [7, 11) is 0. The molecule has 0 radical (unpaired) electrons. The lowest BCUT2D eigenvalue weighted by atomic mass is 10.1. The van der Waals surface area contributed by atoms with Crippen molar-refractivity contribution in [3.8, 4) is 0 Å². The van der Waals surface area contributed by atoms with Gasteiger partial charge in [-0.1, -0.05) is 6.92 Å². The molecule has 2 aromatic rings. The topological polar surface area (TPSA) is 85.6 Å². The highest BCUT2D eigenvalue weighted by Crippen LogP contribution is 2.22. The van der Waals surface area contributed by atoms with E-state index in [1.807, 2.05) is 6.92 Å². The number of carbonyl (C=O) groups excluding carboxylic acids is 3. The van der Waals surface area contributed by atoms with E-state index in [1.54, 1.807) is 45.0 Å². The summed E-state index contributed by atoms with van der Waals surface area (Å²) in [4.78, 5) is 36.5. The van der Waals surface area contributed by atoms with Gasteiger partial charge in [-0.25, -0.2) is 4.79 Å². The third kappa shape index (κ3) is 4.84. The van der Waals surface area contributed by atoms with Crippen LogP contribution in [0.3, 0.4) is 0 Å². The van der Waals surface area contributed by atoms with Crippen molar-refractivity contribution in [2.75, 3.05) is 5.32 Å². The number of benzene rings is 1. The maximum atomic E-state index is 12.5. The molecule has 1 heterocycles. The van der Waals surface area contributed by atoms with Crippen molar-refractivity contribution in [3.05, 3.63) is 52.5 Å². The van der Waals surface area contributed by atoms with E-state index in [0.29, 0.717) is 40.3 Å². The average molecular weight is 371 g/mol. The monoisotopic (exact) mass is 371 g/mol.